The number of anilines is 2. The lowest BCUT2D eigenvalue weighted by atomic mass is 9.89. The summed E-state index contributed by atoms with van der Waals surface area (Å²) in [5.41, 5.74) is 14.6. The molecule has 2 aliphatic carbocycles. The fourth-order valence-electron chi connectivity index (χ4n) is 5.49. The third-order valence-electron chi connectivity index (χ3n) is 7.85. The molecule has 8 heteroatoms. The maximum atomic E-state index is 6.53. The first kappa shape index (κ1) is 21.1. The molecular weight excluding hydrogens is 454 g/mol. The Morgan fingerprint density at radius 1 is 1.17 bits per heavy atom. The van der Waals surface area contributed by atoms with Crippen LogP contribution in [-0.2, 0) is 13.5 Å². The number of aryl methyl sites for hydroxylation is 1. The smallest absolute Gasteiger partial charge is 0.232 e. The van der Waals surface area contributed by atoms with Crippen LogP contribution in [0.2, 0.25) is 0 Å². The summed E-state index contributed by atoms with van der Waals surface area (Å²) in [5, 5.41) is 4.13. The first-order chi connectivity index (χ1) is 17.0. The van der Waals surface area contributed by atoms with Crippen LogP contribution < -0.4 is 20.5 Å². The van der Waals surface area contributed by atoms with Crippen LogP contribution in [0, 0.1) is 5.92 Å². The van der Waals surface area contributed by atoms with Gasteiger partial charge < -0.3 is 16.0 Å². The van der Waals surface area contributed by atoms with Crippen LogP contribution in [-0.4, -0.2) is 40.6 Å². The predicted octanol–water partition coefficient (Wildman–Crippen LogP) is 3.54. The van der Waals surface area contributed by atoms with Gasteiger partial charge in [0.05, 0.1) is 5.69 Å². The van der Waals surface area contributed by atoms with Crippen LogP contribution in [0.1, 0.15) is 24.1 Å². The first-order valence-corrected chi connectivity index (χ1v) is 13.0. The van der Waals surface area contributed by atoms with Crippen molar-refractivity contribution >= 4 is 34.3 Å². The van der Waals surface area contributed by atoms with E-state index in [0.717, 1.165) is 70.6 Å². The molecule has 0 amide bonds. The van der Waals surface area contributed by atoms with E-state index < -0.39 is 0 Å². The summed E-state index contributed by atoms with van der Waals surface area (Å²) in [5.74, 6) is 1.60. The second-order valence-electron chi connectivity index (χ2n) is 10.0. The largest absolute Gasteiger partial charge is 0.388 e. The van der Waals surface area contributed by atoms with Crippen molar-refractivity contribution < 1.29 is 4.57 Å². The molecule has 4 aromatic rings. The van der Waals surface area contributed by atoms with Gasteiger partial charge in [-0.1, -0.05) is 12.1 Å². The molecule has 1 aromatic carbocycles. The van der Waals surface area contributed by atoms with Crippen molar-refractivity contribution in [3.8, 4) is 11.1 Å². The Morgan fingerprint density at radius 3 is 2.83 bits per heavy atom. The van der Waals surface area contributed by atoms with Gasteiger partial charge in [-0.3, -0.25) is 0 Å². The fraction of sp³-hybridized carbons (Fsp3) is 0.333. The molecule has 3 aliphatic rings. The molecule has 0 radical (unpaired) electrons. The molecule has 3 N–H and O–H groups in total. The van der Waals surface area contributed by atoms with Crippen molar-refractivity contribution in [3.63, 3.8) is 0 Å². The molecule has 2 fully saturated rings. The number of fused-ring (bicyclic) bond motifs is 4. The number of hydrogen-bond acceptors (Lipinski definition) is 7. The minimum atomic E-state index is 0.0494. The molecule has 0 spiro atoms. The van der Waals surface area contributed by atoms with Crippen molar-refractivity contribution in [2.24, 2.45) is 18.7 Å². The average molecular weight is 483 g/mol. The molecule has 1 aliphatic heterocycles. The van der Waals surface area contributed by atoms with Crippen LogP contribution in [0.15, 0.2) is 58.8 Å². The number of nitrogens with two attached hydrogens (primary N) is 1. The van der Waals surface area contributed by atoms with E-state index >= 15 is 0 Å². The van der Waals surface area contributed by atoms with Crippen LogP contribution in [0.25, 0.3) is 22.2 Å². The molecule has 1 saturated heterocycles. The maximum Gasteiger partial charge on any atom is 0.232 e. The molecule has 4 heterocycles. The van der Waals surface area contributed by atoms with Gasteiger partial charge in [-0.15, -0.1) is 0 Å². The van der Waals surface area contributed by atoms with E-state index in [-0.39, 0.29) is 5.54 Å². The quantitative estimate of drug-likeness (QED) is 0.293. The summed E-state index contributed by atoms with van der Waals surface area (Å²) in [4.78, 5) is 18.3. The molecule has 0 unspecified atom stereocenters. The zero-order valence-electron chi connectivity index (χ0n) is 20.0. The van der Waals surface area contributed by atoms with Gasteiger partial charge in [0.15, 0.2) is 11.4 Å². The van der Waals surface area contributed by atoms with Gasteiger partial charge in [-0.05, 0) is 47.9 Å². The zero-order valence-corrected chi connectivity index (χ0v) is 20.8. The van der Waals surface area contributed by atoms with E-state index in [9.17, 15) is 0 Å². The Bertz CT molecular complexity index is 1490. The first-order valence-electron chi connectivity index (χ1n) is 12.2. The Morgan fingerprint density at radius 2 is 2.03 bits per heavy atom. The molecule has 7 rings (SSSR count). The minimum Gasteiger partial charge on any atom is -0.388 e. The van der Waals surface area contributed by atoms with Crippen molar-refractivity contribution in [2.45, 2.75) is 34.9 Å². The van der Waals surface area contributed by atoms with Crippen molar-refractivity contribution in [3.05, 3.63) is 60.0 Å². The number of nitrogens with one attached hydrogen (secondary N) is 1. The molecule has 7 nitrogen and oxygen atoms in total. The topological polar surface area (TPSA) is 83.8 Å². The molecule has 176 valence electrons. The number of hydrogen-bond donors (Lipinski definition) is 2. The summed E-state index contributed by atoms with van der Waals surface area (Å²) < 4.78 is 2.10. The Hall–Kier alpha value is -3.23. The van der Waals surface area contributed by atoms with E-state index in [0.29, 0.717) is 5.92 Å². The van der Waals surface area contributed by atoms with Crippen LogP contribution in [0.3, 0.4) is 0 Å². The lowest BCUT2D eigenvalue weighted by molar-refractivity contribution is -0.645. The summed E-state index contributed by atoms with van der Waals surface area (Å²) in [6.45, 7) is 1.94. The van der Waals surface area contributed by atoms with E-state index in [4.69, 9.17) is 15.7 Å². The highest BCUT2D eigenvalue weighted by molar-refractivity contribution is 7.99. The normalized spacial score (nSPS) is 17.7. The Labute approximate surface area is 208 Å². The number of pyridine rings is 2. The standard InChI is InChI=1S/C27H28N7S/c1-29-20-6-3-5-18-19(20)12-22-24(18)25(34-14-16(15-34)27(28)8-9-27)32-26(31-22)35-17-11-23-21(30-13-17)7-4-10-33(23)2/h3-7,10-11,13,16,29H,8-9,12,14-15,28H2,1-2H3/q+1. The SMILES string of the molecule is CNc1cccc2c1Cc1nc(Sc3cnc4ccc[n+](C)c4c3)nc(N3CC(C4(N)CC4)C3)c1-2. The predicted molar refractivity (Wildman–Crippen MR) is 139 cm³/mol. The van der Waals surface area contributed by atoms with Crippen LogP contribution in [0.5, 0.6) is 0 Å². The lowest BCUT2D eigenvalue weighted by Gasteiger charge is -2.44. The number of aromatic nitrogens is 4. The minimum absolute atomic E-state index is 0.0494. The second-order valence-corrected chi connectivity index (χ2v) is 11.1. The van der Waals surface area contributed by atoms with E-state index in [1.807, 2.05) is 38.6 Å². The van der Waals surface area contributed by atoms with Crippen molar-refractivity contribution in [1.29, 1.82) is 0 Å². The second kappa shape index (κ2) is 7.63. The number of rotatable bonds is 5. The van der Waals surface area contributed by atoms with Crippen LogP contribution in [0.4, 0.5) is 11.5 Å². The van der Waals surface area contributed by atoms with Gasteiger partial charge in [0.25, 0.3) is 0 Å². The molecule has 3 aromatic heterocycles. The van der Waals surface area contributed by atoms with Gasteiger partial charge in [0.2, 0.25) is 5.52 Å². The van der Waals surface area contributed by atoms with Crippen molar-refractivity contribution in [2.75, 3.05) is 30.4 Å². The molecule has 1 saturated carbocycles. The summed E-state index contributed by atoms with van der Waals surface area (Å²) in [6, 6.07) is 12.7. The lowest BCUT2D eigenvalue weighted by Crippen LogP contribution is -2.56. The zero-order chi connectivity index (χ0) is 23.7. The van der Waals surface area contributed by atoms with Gasteiger partial charge in [-0.25, -0.2) is 15.0 Å². The van der Waals surface area contributed by atoms with Crippen LogP contribution >= 0.6 is 11.8 Å². The fourth-order valence-corrected chi connectivity index (χ4v) is 6.27. The van der Waals surface area contributed by atoms with Crippen molar-refractivity contribution in [1.82, 2.24) is 15.0 Å². The van der Waals surface area contributed by atoms with Gasteiger partial charge >= 0.3 is 0 Å². The van der Waals surface area contributed by atoms with E-state index in [2.05, 4.69) is 44.0 Å². The average Bonchev–Trinajstić information content (AvgIpc) is 3.44. The summed E-state index contributed by atoms with van der Waals surface area (Å²) >= 11 is 1.59. The highest BCUT2D eigenvalue weighted by Crippen LogP contribution is 2.49. The van der Waals surface area contributed by atoms with E-state index in [1.54, 1.807) is 11.8 Å². The molecule has 0 atom stereocenters. The Kier molecular flexibility index (Phi) is 4.60. The molecule has 0 bridgehead atoms. The Balaban J connectivity index is 1.29. The van der Waals surface area contributed by atoms with Gasteiger partial charge in [-0.2, -0.15) is 4.57 Å². The molecular formula is C27H28N7S+. The van der Waals surface area contributed by atoms with Gasteiger partial charge in [0, 0.05) is 72.5 Å². The summed E-state index contributed by atoms with van der Waals surface area (Å²) in [6.07, 6.45) is 7.07. The van der Waals surface area contributed by atoms with Gasteiger partial charge in [0.1, 0.15) is 18.4 Å². The highest BCUT2D eigenvalue weighted by atomic mass is 32.2. The number of nitrogens with zero attached hydrogens (tertiary/aromatic N) is 5. The van der Waals surface area contributed by atoms with E-state index in [1.165, 1.54) is 16.7 Å². The molecule has 35 heavy (non-hydrogen) atoms. The number of benzene rings is 1. The third-order valence-corrected chi connectivity index (χ3v) is 8.67. The highest BCUT2D eigenvalue weighted by Gasteiger charge is 2.51. The monoisotopic (exact) mass is 482 g/mol. The third kappa shape index (κ3) is 3.38. The maximum absolute atomic E-state index is 6.53. The summed E-state index contributed by atoms with van der Waals surface area (Å²) in [7, 11) is 4.03.